The summed E-state index contributed by atoms with van der Waals surface area (Å²) in [5.41, 5.74) is 1.95. The Morgan fingerprint density at radius 2 is 1.81 bits per heavy atom. The second kappa shape index (κ2) is 5.07. The Morgan fingerprint density at radius 3 is 2.50 bits per heavy atom. The van der Waals surface area contributed by atoms with Gasteiger partial charge < -0.3 is 5.32 Å². The van der Waals surface area contributed by atoms with Gasteiger partial charge in [-0.05, 0) is 19.1 Å². The predicted octanol–water partition coefficient (Wildman–Crippen LogP) is 3.34. The van der Waals surface area contributed by atoms with E-state index in [1.807, 2.05) is 31.2 Å². The molecule has 0 aliphatic heterocycles. The van der Waals surface area contributed by atoms with Crippen LogP contribution in [0.1, 0.15) is 6.92 Å². The largest absolute Gasteiger partial charge is 0.369 e. The van der Waals surface area contributed by atoms with Crippen LogP contribution in [-0.2, 0) is 0 Å². The number of hydrogen-bond donors (Lipinski definition) is 1. The van der Waals surface area contributed by atoms with Crippen LogP contribution in [0.15, 0.2) is 41.1 Å². The van der Waals surface area contributed by atoms with Crippen LogP contribution in [0, 0.1) is 0 Å². The van der Waals surface area contributed by atoms with Crippen LogP contribution in [0.4, 0.5) is 5.82 Å². The minimum absolute atomic E-state index is 0.826. The van der Waals surface area contributed by atoms with Gasteiger partial charge in [0.05, 0.1) is 0 Å². The van der Waals surface area contributed by atoms with Crippen LogP contribution in [0.25, 0.3) is 11.3 Å². The maximum atomic E-state index is 4.36. The molecular weight excluding hydrogens is 266 g/mol. The van der Waals surface area contributed by atoms with E-state index in [9.17, 15) is 0 Å². The van der Waals surface area contributed by atoms with Gasteiger partial charge in [0.15, 0.2) is 5.82 Å². The smallest absolute Gasteiger partial charge is 0.152 e. The monoisotopic (exact) mass is 277 g/mol. The van der Waals surface area contributed by atoms with E-state index in [1.165, 1.54) is 0 Å². The molecule has 3 nitrogen and oxygen atoms in total. The lowest BCUT2D eigenvalue weighted by Crippen LogP contribution is -2.02. The second-order valence-corrected chi connectivity index (χ2v) is 4.21. The fourth-order valence-corrected chi connectivity index (χ4v) is 1.72. The second-order valence-electron chi connectivity index (χ2n) is 3.29. The summed E-state index contributed by atoms with van der Waals surface area (Å²) in [6, 6.07) is 8.04. The van der Waals surface area contributed by atoms with E-state index in [0.717, 1.165) is 28.1 Å². The van der Waals surface area contributed by atoms with Crippen LogP contribution in [0.2, 0.25) is 0 Å². The van der Waals surface area contributed by atoms with Crippen LogP contribution in [-0.4, -0.2) is 16.5 Å². The molecule has 1 N–H and O–H groups in total. The standard InChI is InChI=1S/C12H12BrN3/c1-2-14-12-11(15-7-8-16-12)9-3-5-10(13)6-4-9/h3-8H,2H2,1H3,(H,14,16). The summed E-state index contributed by atoms with van der Waals surface area (Å²) >= 11 is 3.42. The zero-order valence-electron chi connectivity index (χ0n) is 8.94. The van der Waals surface area contributed by atoms with Gasteiger partial charge in [-0.1, -0.05) is 28.1 Å². The van der Waals surface area contributed by atoms with Crippen molar-refractivity contribution in [1.82, 2.24) is 9.97 Å². The van der Waals surface area contributed by atoms with Gasteiger partial charge in [0, 0.05) is 29.0 Å². The van der Waals surface area contributed by atoms with Crippen molar-refractivity contribution in [3.63, 3.8) is 0 Å². The molecule has 4 heteroatoms. The molecule has 0 saturated carbocycles. The molecule has 0 aliphatic rings. The Bertz CT molecular complexity index is 468. The van der Waals surface area contributed by atoms with E-state index in [0.29, 0.717) is 0 Å². The Hall–Kier alpha value is -1.42. The van der Waals surface area contributed by atoms with E-state index >= 15 is 0 Å². The van der Waals surface area contributed by atoms with Gasteiger partial charge in [-0.2, -0.15) is 0 Å². The zero-order valence-corrected chi connectivity index (χ0v) is 10.5. The van der Waals surface area contributed by atoms with Crippen molar-refractivity contribution in [3.05, 3.63) is 41.1 Å². The van der Waals surface area contributed by atoms with Gasteiger partial charge >= 0.3 is 0 Å². The molecule has 0 bridgehead atoms. The summed E-state index contributed by atoms with van der Waals surface area (Å²) in [7, 11) is 0. The van der Waals surface area contributed by atoms with Crippen molar-refractivity contribution in [3.8, 4) is 11.3 Å². The van der Waals surface area contributed by atoms with Crippen molar-refractivity contribution >= 4 is 21.7 Å². The minimum atomic E-state index is 0.826. The normalized spacial score (nSPS) is 10.1. The van der Waals surface area contributed by atoms with Crippen molar-refractivity contribution in [2.45, 2.75) is 6.92 Å². The van der Waals surface area contributed by atoms with Gasteiger partial charge in [0.25, 0.3) is 0 Å². The predicted molar refractivity (Wildman–Crippen MR) is 69.3 cm³/mol. The molecule has 0 amide bonds. The third kappa shape index (κ3) is 2.39. The molecule has 82 valence electrons. The molecule has 1 aromatic carbocycles. The lowest BCUT2D eigenvalue weighted by Gasteiger charge is -2.08. The molecule has 0 saturated heterocycles. The van der Waals surface area contributed by atoms with Gasteiger partial charge in [-0.15, -0.1) is 0 Å². The molecule has 2 aromatic rings. The number of nitrogens with zero attached hydrogens (tertiary/aromatic N) is 2. The summed E-state index contributed by atoms with van der Waals surface area (Å²) in [5.74, 6) is 0.826. The Labute approximate surface area is 103 Å². The third-order valence-corrected chi connectivity index (χ3v) is 2.69. The quantitative estimate of drug-likeness (QED) is 0.935. The van der Waals surface area contributed by atoms with Crippen LogP contribution >= 0.6 is 15.9 Å². The summed E-state index contributed by atoms with van der Waals surface area (Å²) in [5, 5.41) is 3.20. The Balaban J connectivity index is 2.42. The molecule has 0 aliphatic carbocycles. The topological polar surface area (TPSA) is 37.8 Å². The summed E-state index contributed by atoms with van der Waals surface area (Å²) < 4.78 is 1.06. The highest BCUT2D eigenvalue weighted by molar-refractivity contribution is 9.10. The third-order valence-electron chi connectivity index (χ3n) is 2.16. The molecule has 1 heterocycles. The van der Waals surface area contributed by atoms with E-state index in [2.05, 4.69) is 31.2 Å². The summed E-state index contributed by atoms with van der Waals surface area (Å²) in [6.07, 6.45) is 3.40. The Morgan fingerprint density at radius 1 is 1.12 bits per heavy atom. The van der Waals surface area contributed by atoms with Crippen molar-refractivity contribution in [1.29, 1.82) is 0 Å². The van der Waals surface area contributed by atoms with Crippen molar-refractivity contribution in [2.75, 3.05) is 11.9 Å². The molecular formula is C12H12BrN3. The molecule has 0 unspecified atom stereocenters. The molecule has 16 heavy (non-hydrogen) atoms. The van der Waals surface area contributed by atoms with Crippen LogP contribution in [0.3, 0.4) is 0 Å². The molecule has 0 fully saturated rings. The molecule has 2 rings (SSSR count). The van der Waals surface area contributed by atoms with E-state index in [4.69, 9.17) is 0 Å². The maximum absolute atomic E-state index is 4.36. The maximum Gasteiger partial charge on any atom is 0.152 e. The number of nitrogens with one attached hydrogen (secondary N) is 1. The van der Waals surface area contributed by atoms with E-state index < -0.39 is 0 Å². The first-order chi connectivity index (χ1) is 7.81. The van der Waals surface area contributed by atoms with E-state index in [1.54, 1.807) is 12.4 Å². The number of aromatic nitrogens is 2. The first-order valence-electron chi connectivity index (χ1n) is 5.12. The molecule has 0 atom stereocenters. The lowest BCUT2D eigenvalue weighted by atomic mass is 10.1. The highest BCUT2D eigenvalue weighted by Gasteiger charge is 2.06. The SMILES string of the molecule is CCNc1nccnc1-c1ccc(Br)cc1. The number of halogens is 1. The molecule has 0 radical (unpaired) electrons. The zero-order chi connectivity index (χ0) is 11.4. The van der Waals surface area contributed by atoms with E-state index in [-0.39, 0.29) is 0 Å². The average molecular weight is 278 g/mol. The Kier molecular flexibility index (Phi) is 3.51. The van der Waals surface area contributed by atoms with Gasteiger partial charge in [0.1, 0.15) is 5.69 Å². The first kappa shape index (κ1) is 11.1. The fraction of sp³-hybridized carbons (Fsp3) is 0.167. The average Bonchev–Trinajstić information content (AvgIpc) is 2.32. The molecule has 0 spiro atoms. The van der Waals surface area contributed by atoms with Crippen molar-refractivity contribution in [2.24, 2.45) is 0 Å². The summed E-state index contributed by atoms with van der Waals surface area (Å²) in [6.45, 7) is 2.88. The van der Waals surface area contributed by atoms with Gasteiger partial charge in [-0.3, -0.25) is 4.98 Å². The highest BCUT2D eigenvalue weighted by atomic mass is 79.9. The number of hydrogen-bond acceptors (Lipinski definition) is 3. The molecule has 1 aromatic heterocycles. The summed E-state index contributed by atoms with van der Waals surface area (Å²) in [4.78, 5) is 8.64. The fourth-order valence-electron chi connectivity index (χ4n) is 1.45. The number of benzene rings is 1. The minimum Gasteiger partial charge on any atom is -0.369 e. The number of anilines is 1. The van der Waals surface area contributed by atoms with Gasteiger partial charge in [0.2, 0.25) is 0 Å². The van der Waals surface area contributed by atoms with Gasteiger partial charge in [-0.25, -0.2) is 4.98 Å². The van der Waals surface area contributed by atoms with Crippen molar-refractivity contribution < 1.29 is 0 Å². The first-order valence-corrected chi connectivity index (χ1v) is 5.91. The highest BCUT2D eigenvalue weighted by Crippen LogP contribution is 2.24. The van der Waals surface area contributed by atoms with Crippen LogP contribution < -0.4 is 5.32 Å². The van der Waals surface area contributed by atoms with Crippen LogP contribution in [0.5, 0.6) is 0 Å². The number of rotatable bonds is 3. The lowest BCUT2D eigenvalue weighted by molar-refractivity contribution is 1.12.